The van der Waals surface area contributed by atoms with E-state index in [2.05, 4.69) is 15.3 Å². The zero-order valence-corrected chi connectivity index (χ0v) is 14.1. The Bertz CT molecular complexity index is 682. The highest BCUT2D eigenvalue weighted by Gasteiger charge is 2.26. The van der Waals surface area contributed by atoms with E-state index in [1.807, 2.05) is 18.4 Å². The predicted molar refractivity (Wildman–Crippen MR) is 91.6 cm³/mol. The fourth-order valence-electron chi connectivity index (χ4n) is 3.01. The van der Waals surface area contributed by atoms with Crippen molar-refractivity contribution in [2.45, 2.75) is 38.6 Å². The Morgan fingerprint density at radius 1 is 1.48 bits per heavy atom. The van der Waals surface area contributed by atoms with E-state index in [0.29, 0.717) is 12.3 Å². The van der Waals surface area contributed by atoms with Gasteiger partial charge in [0.05, 0.1) is 5.39 Å². The number of carbonyl (C=O) groups excluding carboxylic acids is 1. The molecule has 0 bridgehead atoms. The molecular formula is C16H22N4O2S. The Labute approximate surface area is 139 Å². The summed E-state index contributed by atoms with van der Waals surface area (Å²) >= 11 is 1.60. The number of ether oxygens (including phenoxy) is 1. The van der Waals surface area contributed by atoms with Gasteiger partial charge in [0.2, 0.25) is 5.91 Å². The lowest BCUT2D eigenvalue weighted by molar-refractivity contribution is -0.118. The molecule has 1 unspecified atom stereocenters. The molecule has 3 rings (SSSR count). The standard InChI is InChI=1S/C16H22N4O2S/c1-2-14-19-15(11-5-8-23-16(11)20-14)18-12(9-13(17)21)10-3-6-22-7-4-10/h5,8,10,12H,2-4,6-7,9H2,1H3,(H2,17,21)(H,18,19,20). The van der Waals surface area contributed by atoms with E-state index in [4.69, 9.17) is 10.5 Å². The summed E-state index contributed by atoms with van der Waals surface area (Å²) in [6, 6.07) is 2.01. The molecule has 0 saturated carbocycles. The van der Waals surface area contributed by atoms with Crippen LogP contribution in [-0.4, -0.2) is 35.1 Å². The molecule has 1 saturated heterocycles. The summed E-state index contributed by atoms with van der Waals surface area (Å²) in [6.45, 7) is 3.51. The van der Waals surface area contributed by atoms with E-state index in [0.717, 1.165) is 54.3 Å². The fraction of sp³-hybridized carbons (Fsp3) is 0.562. The van der Waals surface area contributed by atoms with Crippen molar-refractivity contribution in [1.82, 2.24) is 9.97 Å². The predicted octanol–water partition coefficient (Wildman–Crippen LogP) is 2.34. The second kappa shape index (κ2) is 7.23. The van der Waals surface area contributed by atoms with Crippen LogP contribution in [0.2, 0.25) is 0 Å². The molecule has 0 aromatic carbocycles. The molecular weight excluding hydrogens is 312 g/mol. The number of nitrogens with zero attached hydrogens (tertiary/aromatic N) is 2. The Morgan fingerprint density at radius 2 is 2.26 bits per heavy atom. The van der Waals surface area contributed by atoms with Gasteiger partial charge in [0.1, 0.15) is 16.5 Å². The van der Waals surface area contributed by atoms with Crippen molar-refractivity contribution in [2.75, 3.05) is 18.5 Å². The average Bonchev–Trinajstić information content (AvgIpc) is 3.03. The molecule has 2 aromatic heterocycles. The number of primary amides is 1. The number of nitrogens with two attached hydrogens (primary N) is 1. The minimum atomic E-state index is -0.291. The van der Waals surface area contributed by atoms with Crippen LogP contribution < -0.4 is 11.1 Å². The van der Waals surface area contributed by atoms with E-state index in [1.54, 1.807) is 11.3 Å². The van der Waals surface area contributed by atoms with Gasteiger partial charge in [-0.2, -0.15) is 0 Å². The Hall–Kier alpha value is -1.73. The highest BCUT2D eigenvalue weighted by molar-refractivity contribution is 7.16. The van der Waals surface area contributed by atoms with Crippen molar-refractivity contribution in [1.29, 1.82) is 0 Å². The maximum absolute atomic E-state index is 11.5. The molecule has 0 spiro atoms. The number of fused-ring (bicyclic) bond motifs is 1. The molecule has 0 radical (unpaired) electrons. The summed E-state index contributed by atoms with van der Waals surface area (Å²) < 4.78 is 5.43. The number of thiophene rings is 1. The number of hydrogen-bond acceptors (Lipinski definition) is 6. The van der Waals surface area contributed by atoms with Crippen LogP contribution in [0.15, 0.2) is 11.4 Å². The van der Waals surface area contributed by atoms with Gasteiger partial charge < -0.3 is 15.8 Å². The summed E-state index contributed by atoms with van der Waals surface area (Å²) in [5.74, 6) is 1.70. The van der Waals surface area contributed by atoms with Gasteiger partial charge in [0.15, 0.2) is 0 Å². The summed E-state index contributed by atoms with van der Waals surface area (Å²) in [4.78, 5) is 21.7. The van der Waals surface area contributed by atoms with Crippen molar-refractivity contribution in [2.24, 2.45) is 11.7 Å². The van der Waals surface area contributed by atoms with Crippen LogP contribution in [-0.2, 0) is 16.0 Å². The monoisotopic (exact) mass is 334 g/mol. The number of hydrogen-bond donors (Lipinski definition) is 2. The first-order valence-electron chi connectivity index (χ1n) is 8.04. The van der Waals surface area contributed by atoms with E-state index >= 15 is 0 Å². The zero-order valence-electron chi connectivity index (χ0n) is 13.2. The van der Waals surface area contributed by atoms with Crippen molar-refractivity contribution >= 4 is 33.3 Å². The summed E-state index contributed by atoms with van der Waals surface area (Å²) in [6.07, 6.45) is 2.95. The minimum Gasteiger partial charge on any atom is -0.381 e. The van der Waals surface area contributed by atoms with E-state index in [9.17, 15) is 4.79 Å². The molecule has 1 amide bonds. The Morgan fingerprint density at radius 3 is 2.96 bits per heavy atom. The van der Waals surface area contributed by atoms with E-state index < -0.39 is 0 Å². The minimum absolute atomic E-state index is 0.0147. The highest BCUT2D eigenvalue weighted by Crippen LogP contribution is 2.29. The third kappa shape index (κ3) is 3.79. The topological polar surface area (TPSA) is 90.1 Å². The molecule has 6 nitrogen and oxygen atoms in total. The number of rotatable bonds is 6. The van der Waals surface area contributed by atoms with Crippen molar-refractivity contribution in [3.63, 3.8) is 0 Å². The van der Waals surface area contributed by atoms with Crippen LogP contribution in [0, 0.1) is 5.92 Å². The number of aromatic nitrogens is 2. The molecule has 1 aliphatic heterocycles. The van der Waals surface area contributed by atoms with Crippen LogP contribution in [0.1, 0.15) is 32.0 Å². The van der Waals surface area contributed by atoms with Gasteiger partial charge in [0.25, 0.3) is 0 Å². The highest BCUT2D eigenvalue weighted by atomic mass is 32.1. The molecule has 7 heteroatoms. The molecule has 3 N–H and O–H groups in total. The quantitative estimate of drug-likeness (QED) is 0.846. The molecule has 124 valence electrons. The number of nitrogens with one attached hydrogen (secondary N) is 1. The van der Waals surface area contributed by atoms with Gasteiger partial charge >= 0.3 is 0 Å². The summed E-state index contributed by atoms with van der Waals surface area (Å²) in [5, 5.41) is 6.51. The Kier molecular flexibility index (Phi) is 5.07. The molecule has 3 heterocycles. The maximum Gasteiger partial charge on any atom is 0.219 e. The van der Waals surface area contributed by atoms with E-state index in [1.165, 1.54) is 0 Å². The second-order valence-corrected chi connectivity index (χ2v) is 6.75. The lowest BCUT2D eigenvalue weighted by atomic mass is 9.89. The van der Waals surface area contributed by atoms with Crippen LogP contribution >= 0.6 is 11.3 Å². The van der Waals surface area contributed by atoms with Gasteiger partial charge in [-0.1, -0.05) is 6.92 Å². The third-order valence-corrected chi connectivity index (χ3v) is 5.07. The first-order valence-corrected chi connectivity index (χ1v) is 8.92. The number of amides is 1. The summed E-state index contributed by atoms with van der Waals surface area (Å²) in [7, 11) is 0. The third-order valence-electron chi connectivity index (χ3n) is 4.27. The lowest BCUT2D eigenvalue weighted by Gasteiger charge is -2.30. The molecule has 1 aliphatic rings. The van der Waals surface area contributed by atoms with Gasteiger partial charge in [-0.25, -0.2) is 9.97 Å². The van der Waals surface area contributed by atoms with Crippen molar-refractivity contribution < 1.29 is 9.53 Å². The first kappa shape index (κ1) is 16.1. The molecule has 0 aliphatic carbocycles. The number of anilines is 1. The van der Waals surface area contributed by atoms with Gasteiger partial charge in [-0.05, 0) is 30.2 Å². The maximum atomic E-state index is 11.5. The molecule has 1 fully saturated rings. The smallest absolute Gasteiger partial charge is 0.219 e. The van der Waals surface area contributed by atoms with Crippen LogP contribution in [0.3, 0.4) is 0 Å². The molecule has 1 atom stereocenters. The molecule has 23 heavy (non-hydrogen) atoms. The Balaban J connectivity index is 1.89. The van der Waals surface area contributed by atoms with Gasteiger partial charge in [-0.15, -0.1) is 11.3 Å². The fourth-order valence-corrected chi connectivity index (χ4v) is 3.80. The average molecular weight is 334 g/mol. The van der Waals surface area contributed by atoms with Gasteiger partial charge in [0, 0.05) is 32.1 Å². The van der Waals surface area contributed by atoms with E-state index in [-0.39, 0.29) is 11.9 Å². The second-order valence-electron chi connectivity index (χ2n) is 5.85. The first-order chi connectivity index (χ1) is 11.2. The SMILES string of the molecule is CCc1nc(NC(CC(N)=O)C2CCOCC2)c2ccsc2n1. The van der Waals surface area contributed by atoms with Gasteiger partial charge in [-0.3, -0.25) is 4.79 Å². The van der Waals surface area contributed by atoms with Crippen molar-refractivity contribution in [3.8, 4) is 0 Å². The van der Waals surface area contributed by atoms with Crippen LogP contribution in [0.4, 0.5) is 5.82 Å². The number of aryl methyl sites for hydroxylation is 1. The number of carbonyl (C=O) groups is 1. The van der Waals surface area contributed by atoms with Crippen LogP contribution in [0.5, 0.6) is 0 Å². The molecule has 2 aromatic rings. The summed E-state index contributed by atoms with van der Waals surface area (Å²) in [5.41, 5.74) is 5.46. The largest absolute Gasteiger partial charge is 0.381 e. The normalized spacial score (nSPS) is 17.3. The van der Waals surface area contributed by atoms with Crippen LogP contribution in [0.25, 0.3) is 10.2 Å². The lowest BCUT2D eigenvalue weighted by Crippen LogP contribution is -2.37. The zero-order chi connectivity index (χ0) is 16.2. The van der Waals surface area contributed by atoms with Crippen molar-refractivity contribution in [3.05, 3.63) is 17.3 Å².